The second kappa shape index (κ2) is 6.51. The molecule has 0 atom stereocenters. The fraction of sp³-hybridized carbons (Fsp3) is 0.333. The van der Waals surface area contributed by atoms with Crippen LogP contribution in [-0.4, -0.2) is 37.5 Å². The molecule has 7 heteroatoms. The molecule has 116 valence electrons. The number of hydrogen-bond donors (Lipinski definition) is 2. The lowest BCUT2D eigenvalue weighted by molar-refractivity contribution is 0.427. The Morgan fingerprint density at radius 3 is 2.32 bits per heavy atom. The molecule has 1 aliphatic heterocycles. The molecule has 22 heavy (non-hydrogen) atoms. The molecule has 1 fully saturated rings. The fourth-order valence-electron chi connectivity index (χ4n) is 2.42. The highest BCUT2D eigenvalue weighted by atomic mass is 32.2. The summed E-state index contributed by atoms with van der Waals surface area (Å²) in [6, 6.07) is 9.43. The molecule has 0 saturated carbocycles. The van der Waals surface area contributed by atoms with E-state index >= 15 is 0 Å². The number of nitrogens with one attached hydrogen (secondary N) is 2. The maximum atomic E-state index is 12.3. The van der Waals surface area contributed by atoms with E-state index in [1.807, 2.05) is 30.3 Å². The number of aromatic nitrogens is 2. The maximum Gasteiger partial charge on any atom is 0.243 e. The third-order valence-corrected chi connectivity index (χ3v) is 5.11. The molecule has 2 N–H and O–H groups in total. The predicted octanol–water partition coefficient (Wildman–Crippen LogP) is 1.17. The third-order valence-electron chi connectivity index (χ3n) is 3.63. The van der Waals surface area contributed by atoms with Crippen LogP contribution in [0, 0.1) is 0 Å². The van der Waals surface area contributed by atoms with E-state index in [4.69, 9.17) is 0 Å². The average molecular weight is 318 g/mol. The summed E-state index contributed by atoms with van der Waals surface area (Å²) in [6.07, 6.45) is 4.31. The average Bonchev–Trinajstić information content (AvgIpc) is 2.56. The fourth-order valence-corrected chi connectivity index (χ4v) is 3.61. The van der Waals surface area contributed by atoms with Crippen LogP contribution >= 0.6 is 0 Å². The molecule has 1 aromatic carbocycles. The van der Waals surface area contributed by atoms with Crippen molar-refractivity contribution in [3.63, 3.8) is 0 Å². The van der Waals surface area contributed by atoms with Crippen molar-refractivity contribution in [1.82, 2.24) is 20.0 Å². The standard InChI is InChI=1S/C15H18N4O2S/c20-22(21,19-13-6-8-16-9-7-13)14-10-17-15(18-11-14)12-4-2-1-3-5-12/h1-5,10-11,13,16,19H,6-9H2. The van der Waals surface area contributed by atoms with Gasteiger partial charge in [-0.25, -0.2) is 23.1 Å². The number of hydrogen-bond acceptors (Lipinski definition) is 5. The van der Waals surface area contributed by atoms with E-state index in [0.717, 1.165) is 31.5 Å². The largest absolute Gasteiger partial charge is 0.317 e. The van der Waals surface area contributed by atoms with Gasteiger partial charge in [0.15, 0.2) is 5.82 Å². The Balaban J connectivity index is 1.76. The van der Waals surface area contributed by atoms with Crippen molar-refractivity contribution in [2.24, 2.45) is 0 Å². The first-order valence-corrected chi connectivity index (χ1v) is 8.74. The van der Waals surface area contributed by atoms with Gasteiger partial charge in [-0.15, -0.1) is 0 Å². The van der Waals surface area contributed by atoms with Crippen molar-refractivity contribution in [3.05, 3.63) is 42.7 Å². The van der Waals surface area contributed by atoms with E-state index in [2.05, 4.69) is 20.0 Å². The number of piperidine rings is 1. The molecule has 0 radical (unpaired) electrons. The summed E-state index contributed by atoms with van der Waals surface area (Å²) < 4.78 is 27.4. The molecule has 0 bridgehead atoms. The SMILES string of the molecule is O=S(=O)(NC1CCNCC1)c1cnc(-c2ccccc2)nc1. The zero-order valence-corrected chi connectivity index (χ0v) is 12.9. The van der Waals surface area contributed by atoms with Crippen LogP contribution in [-0.2, 0) is 10.0 Å². The summed E-state index contributed by atoms with van der Waals surface area (Å²) in [5.41, 5.74) is 0.859. The number of sulfonamides is 1. The highest BCUT2D eigenvalue weighted by molar-refractivity contribution is 7.89. The molecule has 0 aliphatic carbocycles. The van der Waals surface area contributed by atoms with Crippen LogP contribution in [0.3, 0.4) is 0 Å². The highest BCUT2D eigenvalue weighted by Gasteiger charge is 2.22. The van der Waals surface area contributed by atoms with Crippen molar-refractivity contribution in [2.45, 2.75) is 23.8 Å². The molecule has 0 amide bonds. The summed E-state index contributed by atoms with van der Waals surface area (Å²) >= 11 is 0. The molecular weight excluding hydrogens is 300 g/mol. The van der Waals surface area contributed by atoms with Gasteiger partial charge in [0.1, 0.15) is 4.90 Å². The maximum absolute atomic E-state index is 12.3. The van der Waals surface area contributed by atoms with Crippen LogP contribution in [0.25, 0.3) is 11.4 Å². The molecule has 3 rings (SSSR count). The van der Waals surface area contributed by atoms with Gasteiger partial charge >= 0.3 is 0 Å². The first kappa shape index (κ1) is 15.1. The van der Waals surface area contributed by atoms with Gasteiger partial charge in [0.25, 0.3) is 0 Å². The van der Waals surface area contributed by atoms with Crippen molar-refractivity contribution in [2.75, 3.05) is 13.1 Å². The molecule has 0 spiro atoms. The van der Waals surface area contributed by atoms with Gasteiger partial charge in [-0.05, 0) is 25.9 Å². The van der Waals surface area contributed by atoms with Crippen molar-refractivity contribution in [1.29, 1.82) is 0 Å². The lowest BCUT2D eigenvalue weighted by Gasteiger charge is -2.23. The third kappa shape index (κ3) is 3.49. The van der Waals surface area contributed by atoms with E-state index in [0.29, 0.717) is 5.82 Å². The van der Waals surface area contributed by atoms with Crippen LogP contribution in [0.1, 0.15) is 12.8 Å². The minimum absolute atomic E-state index is 0.0277. The van der Waals surface area contributed by atoms with Gasteiger partial charge in [0, 0.05) is 11.6 Å². The van der Waals surface area contributed by atoms with Crippen LogP contribution in [0.2, 0.25) is 0 Å². The summed E-state index contributed by atoms with van der Waals surface area (Å²) in [5.74, 6) is 0.515. The van der Waals surface area contributed by atoms with Gasteiger partial charge in [-0.3, -0.25) is 0 Å². The normalized spacial score (nSPS) is 16.5. The smallest absolute Gasteiger partial charge is 0.243 e. The van der Waals surface area contributed by atoms with Gasteiger partial charge in [-0.2, -0.15) is 0 Å². The summed E-state index contributed by atoms with van der Waals surface area (Å²) in [7, 11) is -3.56. The molecule has 1 saturated heterocycles. The Kier molecular flexibility index (Phi) is 4.47. The Morgan fingerprint density at radius 1 is 1.05 bits per heavy atom. The first-order valence-electron chi connectivity index (χ1n) is 7.26. The van der Waals surface area contributed by atoms with E-state index in [1.54, 1.807) is 0 Å². The topological polar surface area (TPSA) is 84.0 Å². The molecule has 2 heterocycles. The molecule has 6 nitrogen and oxygen atoms in total. The van der Waals surface area contributed by atoms with Gasteiger partial charge in [0.2, 0.25) is 10.0 Å². The number of nitrogens with zero attached hydrogens (tertiary/aromatic N) is 2. The van der Waals surface area contributed by atoms with Crippen LogP contribution in [0.5, 0.6) is 0 Å². The molecule has 1 aromatic heterocycles. The van der Waals surface area contributed by atoms with E-state index in [-0.39, 0.29) is 10.9 Å². The minimum atomic E-state index is -3.56. The quantitative estimate of drug-likeness (QED) is 0.884. The minimum Gasteiger partial charge on any atom is -0.317 e. The van der Waals surface area contributed by atoms with E-state index in [1.165, 1.54) is 12.4 Å². The summed E-state index contributed by atoms with van der Waals surface area (Å²) in [6.45, 7) is 1.66. The number of benzene rings is 1. The monoisotopic (exact) mass is 318 g/mol. The molecule has 0 unspecified atom stereocenters. The summed E-state index contributed by atoms with van der Waals surface area (Å²) in [5, 5.41) is 3.21. The van der Waals surface area contributed by atoms with Crippen LogP contribution in [0.4, 0.5) is 0 Å². The summed E-state index contributed by atoms with van der Waals surface area (Å²) in [4.78, 5) is 8.43. The number of rotatable bonds is 4. The van der Waals surface area contributed by atoms with Gasteiger partial charge in [-0.1, -0.05) is 30.3 Å². The van der Waals surface area contributed by atoms with Crippen molar-refractivity contribution in [3.8, 4) is 11.4 Å². The Bertz CT molecular complexity index is 711. The molecule has 2 aromatic rings. The van der Waals surface area contributed by atoms with E-state index < -0.39 is 10.0 Å². The van der Waals surface area contributed by atoms with Gasteiger partial charge in [0.05, 0.1) is 12.4 Å². The second-order valence-corrected chi connectivity index (χ2v) is 6.97. The highest BCUT2D eigenvalue weighted by Crippen LogP contribution is 2.16. The van der Waals surface area contributed by atoms with Crippen LogP contribution < -0.4 is 10.0 Å². The van der Waals surface area contributed by atoms with Gasteiger partial charge < -0.3 is 5.32 Å². The molecular formula is C15H18N4O2S. The zero-order valence-electron chi connectivity index (χ0n) is 12.1. The van der Waals surface area contributed by atoms with Crippen molar-refractivity contribution < 1.29 is 8.42 Å². The van der Waals surface area contributed by atoms with Crippen molar-refractivity contribution >= 4 is 10.0 Å². The zero-order chi connectivity index (χ0) is 15.4. The Hall–Kier alpha value is -1.83. The second-order valence-electron chi connectivity index (χ2n) is 5.25. The molecule has 1 aliphatic rings. The van der Waals surface area contributed by atoms with Crippen LogP contribution in [0.15, 0.2) is 47.6 Å². The predicted molar refractivity (Wildman–Crippen MR) is 83.7 cm³/mol. The lowest BCUT2D eigenvalue weighted by atomic mass is 10.1. The Morgan fingerprint density at radius 2 is 1.68 bits per heavy atom. The van der Waals surface area contributed by atoms with E-state index in [9.17, 15) is 8.42 Å². The first-order chi connectivity index (χ1) is 10.6. The Labute approximate surface area is 130 Å². The lowest BCUT2D eigenvalue weighted by Crippen LogP contribution is -2.42.